The second-order valence-electron chi connectivity index (χ2n) is 7.61. The first kappa shape index (κ1) is 18.4. The largest absolute Gasteiger partial charge is 0.381 e. The maximum Gasteiger partial charge on any atom is 0.223 e. The predicted octanol–water partition coefficient (Wildman–Crippen LogP) is 3.56. The van der Waals surface area contributed by atoms with Crippen LogP contribution in [-0.2, 0) is 16.0 Å². The third-order valence-electron chi connectivity index (χ3n) is 5.74. The van der Waals surface area contributed by atoms with Crippen molar-refractivity contribution in [2.45, 2.75) is 77.2 Å². The first-order chi connectivity index (χ1) is 12.3. The number of aromatic nitrogens is 2. The molecule has 1 saturated carbocycles. The molecule has 1 aliphatic carbocycles. The molecular weight excluding hydrogens is 314 g/mol. The van der Waals surface area contributed by atoms with Crippen LogP contribution < -0.4 is 5.32 Å². The SMILES string of the molecule is Cc1cnc(CCNC(=O)C2CCOCC2)n1C1CCCCCCC1. The molecule has 0 radical (unpaired) electrons. The van der Waals surface area contributed by atoms with E-state index < -0.39 is 0 Å². The van der Waals surface area contributed by atoms with Gasteiger partial charge in [-0.1, -0.05) is 32.1 Å². The van der Waals surface area contributed by atoms with Gasteiger partial charge in [-0.15, -0.1) is 0 Å². The van der Waals surface area contributed by atoms with Crippen molar-refractivity contribution in [3.63, 3.8) is 0 Å². The Bertz CT molecular complexity index is 541. The van der Waals surface area contributed by atoms with Gasteiger partial charge in [0.15, 0.2) is 0 Å². The molecule has 3 rings (SSSR count). The first-order valence-corrected chi connectivity index (χ1v) is 10.1. The highest BCUT2D eigenvalue weighted by Gasteiger charge is 2.22. The van der Waals surface area contributed by atoms with Crippen LogP contribution in [0.4, 0.5) is 0 Å². The van der Waals surface area contributed by atoms with Gasteiger partial charge < -0.3 is 14.6 Å². The Kier molecular flexibility index (Phi) is 6.91. The summed E-state index contributed by atoms with van der Waals surface area (Å²) in [5.74, 6) is 1.44. The van der Waals surface area contributed by atoms with E-state index in [1.165, 1.54) is 50.6 Å². The van der Waals surface area contributed by atoms with Gasteiger partial charge >= 0.3 is 0 Å². The quantitative estimate of drug-likeness (QED) is 0.886. The fourth-order valence-electron chi connectivity index (χ4n) is 4.27. The normalized spacial score (nSPS) is 20.8. The zero-order chi connectivity index (χ0) is 17.5. The predicted molar refractivity (Wildman–Crippen MR) is 98.6 cm³/mol. The molecule has 2 heterocycles. The van der Waals surface area contributed by atoms with Crippen molar-refractivity contribution in [1.29, 1.82) is 0 Å². The Morgan fingerprint density at radius 3 is 2.56 bits per heavy atom. The molecule has 5 heteroatoms. The minimum absolute atomic E-state index is 0.126. The average molecular weight is 348 g/mol. The Hall–Kier alpha value is -1.36. The van der Waals surface area contributed by atoms with Gasteiger partial charge in [0.05, 0.1) is 0 Å². The minimum Gasteiger partial charge on any atom is -0.381 e. The molecule has 0 aromatic carbocycles. The highest BCUT2D eigenvalue weighted by atomic mass is 16.5. The van der Waals surface area contributed by atoms with Crippen LogP contribution in [0.1, 0.15) is 75.3 Å². The molecular formula is C20H33N3O2. The van der Waals surface area contributed by atoms with Crippen LogP contribution in [0, 0.1) is 12.8 Å². The summed E-state index contributed by atoms with van der Waals surface area (Å²) in [7, 11) is 0. The van der Waals surface area contributed by atoms with Crippen LogP contribution in [0.3, 0.4) is 0 Å². The molecule has 1 saturated heterocycles. The topological polar surface area (TPSA) is 56.1 Å². The van der Waals surface area contributed by atoms with Gasteiger partial charge in [0.25, 0.3) is 0 Å². The van der Waals surface area contributed by atoms with E-state index in [-0.39, 0.29) is 11.8 Å². The monoisotopic (exact) mass is 347 g/mol. The van der Waals surface area contributed by atoms with Crippen molar-refractivity contribution >= 4 is 5.91 Å². The number of ether oxygens (including phenoxy) is 1. The molecule has 1 amide bonds. The zero-order valence-corrected chi connectivity index (χ0v) is 15.6. The minimum atomic E-state index is 0.126. The lowest BCUT2D eigenvalue weighted by molar-refractivity contribution is -0.127. The summed E-state index contributed by atoms with van der Waals surface area (Å²) in [5.41, 5.74) is 1.26. The van der Waals surface area contributed by atoms with Gasteiger partial charge in [-0.05, 0) is 32.6 Å². The van der Waals surface area contributed by atoms with Gasteiger partial charge in [0, 0.05) is 50.0 Å². The number of imidazole rings is 1. The Labute approximate surface area is 151 Å². The van der Waals surface area contributed by atoms with E-state index in [0.717, 1.165) is 25.1 Å². The second kappa shape index (κ2) is 9.37. The highest BCUT2D eigenvalue weighted by Crippen LogP contribution is 2.28. The lowest BCUT2D eigenvalue weighted by atomic mass is 9.96. The molecule has 25 heavy (non-hydrogen) atoms. The third-order valence-corrected chi connectivity index (χ3v) is 5.74. The number of carbonyl (C=O) groups is 1. The Balaban J connectivity index is 1.54. The average Bonchev–Trinajstić information content (AvgIpc) is 2.96. The number of hydrogen-bond acceptors (Lipinski definition) is 3. The van der Waals surface area contributed by atoms with Crippen LogP contribution in [0.25, 0.3) is 0 Å². The molecule has 1 aliphatic heterocycles. The van der Waals surface area contributed by atoms with Crippen molar-refractivity contribution in [1.82, 2.24) is 14.9 Å². The molecule has 140 valence electrons. The number of amides is 1. The lowest BCUT2D eigenvalue weighted by Gasteiger charge is -2.25. The van der Waals surface area contributed by atoms with Crippen LogP contribution in [0.5, 0.6) is 0 Å². The second-order valence-corrected chi connectivity index (χ2v) is 7.61. The molecule has 2 fully saturated rings. The van der Waals surface area contributed by atoms with E-state index in [1.54, 1.807) is 0 Å². The molecule has 1 aromatic heterocycles. The molecule has 1 aromatic rings. The fourth-order valence-corrected chi connectivity index (χ4v) is 4.27. The summed E-state index contributed by atoms with van der Waals surface area (Å²) in [4.78, 5) is 16.9. The molecule has 1 N–H and O–H groups in total. The number of hydrogen-bond donors (Lipinski definition) is 1. The zero-order valence-electron chi connectivity index (χ0n) is 15.6. The molecule has 0 bridgehead atoms. The standard InChI is InChI=1S/C20H33N3O2/c1-16-15-22-19(23(16)18-7-5-3-2-4-6-8-18)9-12-21-20(24)17-10-13-25-14-11-17/h15,17-18H,2-14H2,1H3,(H,21,24). The molecule has 0 unspecified atom stereocenters. The number of rotatable bonds is 5. The van der Waals surface area contributed by atoms with Crippen molar-refractivity contribution in [2.24, 2.45) is 5.92 Å². The van der Waals surface area contributed by atoms with Crippen LogP contribution in [0.2, 0.25) is 0 Å². The highest BCUT2D eigenvalue weighted by molar-refractivity contribution is 5.78. The van der Waals surface area contributed by atoms with E-state index in [0.29, 0.717) is 25.8 Å². The summed E-state index contributed by atoms with van der Waals surface area (Å²) in [6.45, 7) is 4.27. The Morgan fingerprint density at radius 2 is 1.84 bits per heavy atom. The van der Waals surface area contributed by atoms with Gasteiger partial charge in [0.1, 0.15) is 5.82 Å². The lowest BCUT2D eigenvalue weighted by Crippen LogP contribution is -2.35. The molecule has 0 atom stereocenters. The van der Waals surface area contributed by atoms with Gasteiger partial charge in [-0.2, -0.15) is 0 Å². The number of carbonyl (C=O) groups excluding carboxylic acids is 1. The van der Waals surface area contributed by atoms with Crippen LogP contribution in [0.15, 0.2) is 6.20 Å². The number of nitrogens with one attached hydrogen (secondary N) is 1. The van der Waals surface area contributed by atoms with Crippen LogP contribution >= 0.6 is 0 Å². The first-order valence-electron chi connectivity index (χ1n) is 10.1. The summed E-state index contributed by atoms with van der Waals surface area (Å²) < 4.78 is 7.79. The van der Waals surface area contributed by atoms with Gasteiger partial charge in [-0.3, -0.25) is 4.79 Å². The summed E-state index contributed by atoms with van der Waals surface area (Å²) >= 11 is 0. The van der Waals surface area contributed by atoms with Crippen molar-refractivity contribution in [3.05, 3.63) is 17.7 Å². The number of nitrogens with zero attached hydrogens (tertiary/aromatic N) is 2. The van der Waals surface area contributed by atoms with Crippen molar-refractivity contribution < 1.29 is 9.53 Å². The Morgan fingerprint density at radius 1 is 1.16 bits per heavy atom. The maximum atomic E-state index is 12.3. The summed E-state index contributed by atoms with van der Waals surface area (Å²) in [6, 6.07) is 0.587. The summed E-state index contributed by atoms with van der Waals surface area (Å²) in [6.07, 6.45) is 13.8. The summed E-state index contributed by atoms with van der Waals surface area (Å²) in [5, 5.41) is 3.11. The molecule has 5 nitrogen and oxygen atoms in total. The number of aryl methyl sites for hydroxylation is 1. The maximum absolute atomic E-state index is 12.3. The molecule has 0 spiro atoms. The van der Waals surface area contributed by atoms with E-state index in [1.807, 2.05) is 6.20 Å². The third kappa shape index (κ3) is 5.06. The van der Waals surface area contributed by atoms with E-state index in [2.05, 4.69) is 21.8 Å². The van der Waals surface area contributed by atoms with E-state index in [4.69, 9.17) is 4.74 Å². The van der Waals surface area contributed by atoms with Gasteiger partial charge in [0.2, 0.25) is 5.91 Å². The van der Waals surface area contributed by atoms with Crippen molar-refractivity contribution in [2.75, 3.05) is 19.8 Å². The fraction of sp³-hybridized carbons (Fsp3) is 0.800. The molecule has 2 aliphatic rings. The van der Waals surface area contributed by atoms with E-state index >= 15 is 0 Å². The van der Waals surface area contributed by atoms with Gasteiger partial charge in [-0.25, -0.2) is 4.98 Å². The smallest absolute Gasteiger partial charge is 0.223 e. The van der Waals surface area contributed by atoms with E-state index in [9.17, 15) is 4.79 Å². The van der Waals surface area contributed by atoms with Crippen molar-refractivity contribution in [3.8, 4) is 0 Å². The van der Waals surface area contributed by atoms with Crippen LogP contribution in [-0.4, -0.2) is 35.2 Å².